The highest BCUT2D eigenvalue weighted by Gasteiger charge is 2.23. The molecule has 2 aromatic heterocycles. The first-order valence-electron chi connectivity index (χ1n) is 12.4. The molecule has 6 rings (SSSR count). The van der Waals surface area contributed by atoms with Crippen molar-refractivity contribution in [1.29, 1.82) is 0 Å². The monoisotopic (exact) mass is 680 g/mol. The first-order chi connectivity index (χ1) is 21.4. The van der Waals surface area contributed by atoms with Gasteiger partial charge in [0.15, 0.2) is 22.8 Å². The van der Waals surface area contributed by atoms with Crippen LogP contribution < -0.4 is 19.9 Å². The van der Waals surface area contributed by atoms with Crippen molar-refractivity contribution in [2.24, 2.45) is 0 Å². The van der Waals surface area contributed by atoms with Gasteiger partial charge >= 0.3 is 0 Å². The van der Waals surface area contributed by atoms with Gasteiger partial charge in [-0.25, -0.2) is 25.6 Å². The van der Waals surface area contributed by atoms with Gasteiger partial charge in [0.05, 0.1) is 14.2 Å². The molecule has 0 atom stereocenters. The first kappa shape index (κ1) is 33.0. The van der Waals surface area contributed by atoms with E-state index in [0.29, 0.717) is 5.58 Å². The number of sulfonamides is 1. The van der Waals surface area contributed by atoms with E-state index in [1.807, 2.05) is 0 Å². The van der Waals surface area contributed by atoms with Gasteiger partial charge in [0, 0.05) is 10.7 Å². The number of hydrogen-bond acceptors (Lipinski definition) is 11. The minimum absolute atomic E-state index is 0.00540. The van der Waals surface area contributed by atoms with Crippen molar-refractivity contribution >= 4 is 63.3 Å². The lowest BCUT2D eigenvalue weighted by atomic mass is 10.2. The van der Waals surface area contributed by atoms with Gasteiger partial charge < -0.3 is 24.3 Å². The van der Waals surface area contributed by atoms with Crippen LogP contribution in [-0.2, 0) is 19.1 Å². The molecule has 12 nitrogen and oxygen atoms in total. The Hall–Kier alpha value is -4.93. The summed E-state index contributed by atoms with van der Waals surface area (Å²) < 4.78 is 95.1. The molecule has 3 N–H and O–H groups in total. The number of para-hydroxylation sites is 2. The minimum atomic E-state index is -4.00. The molecule has 0 aliphatic rings. The van der Waals surface area contributed by atoms with Gasteiger partial charge in [0.25, 0.3) is 19.1 Å². The number of hydrogen-bond donors (Lipinski definition) is 2. The van der Waals surface area contributed by atoms with E-state index in [4.69, 9.17) is 34.9 Å². The largest absolute Gasteiger partial charge is 0.495 e. The average molecular weight is 681 g/mol. The highest BCUT2D eigenvalue weighted by Crippen LogP contribution is 2.30. The van der Waals surface area contributed by atoms with Crippen LogP contribution in [0.2, 0.25) is 0 Å². The van der Waals surface area contributed by atoms with Crippen molar-refractivity contribution in [3.63, 3.8) is 0 Å². The Morgan fingerprint density at radius 1 is 0.711 bits per heavy atom. The van der Waals surface area contributed by atoms with Crippen LogP contribution in [0.25, 0.3) is 21.9 Å². The highest BCUT2D eigenvalue weighted by atomic mass is 35.7. The summed E-state index contributed by atoms with van der Waals surface area (Å²) in [6.07, 6.45) is 0. The third kappa shape index (κ3) is 7.60. The summed E-state index contributed by atoms with van der Waals surface area (Å²) in [7, 11) is 0.188. The van der Waals surface area contributed by atoms with Crippen molar-refractivity contribution in [1.82, 2.24) is 10.3 Å². The summed E-state index contributed by atoms with van der Waals surface area (Å²) in [5.41, 5.74) is 5.86. The number of halogens is 3. The molecule has 0 saturated carbocycles. The fourth-order valence-electron chi connectivity index (χ4n) is 3.84. The molecule has 0 saturated heterocycles. The Morgan fingerprint density at radius 2 is 1.20 bits per heavy atom. The van der Waals surface area contributed by atoms with Crippen molar-refractivity contribution in [3.05, 3.63) is 96.6 Å². The fraction of sp³-hybridized carbons (Fsp3) is 0.0714. The van der Waals surface area contributed by atoms with Gasteiger partial charge in [-0.15, -0.1) is 0 Å². The molecule has 0 fully saturated rings. The average Bonchev–Trinajstić information content (AvgIpc) is 3.61. The second-order valence-electron chi connectivity index (χ2n) is 8.67. The lowest BCUT2D eigenvalue weighted by Crippen LogP contribution is -2.14. The molecule has 45 heavy (non-hydrogen) atoms. The molecule has 0 spiro atoms. The molecule has 4 aromatic carbocycles. The van der Waals surface area contributed by atoms with E-state index in [-0.39, 0.29) is 49.3 Å². The molecule has 0 radical (unpaired) electrons. The zero-order chi connectivity index (χ0) is 32.8. The van der Waals surface area contributed by atoms with Gasteiger partial charge in [-0.3, -0.25) is 4.72 Å². The topological polar surface area (TPSA) is 177 Å². The van der Waals surface area contributed by atoms with Gasteiger partial charge in [-0.05, 0) is 48.5 Å². The zero-order valence-corrected chi connectivity index (χ0v) is 25.7. The lowest BCUT2D eigenvalue weighted by molar-refractivity contribution is 0.403. The summed E-state index contributed by atoms with van der Waals surface area (Å²) >= 11 is 0. The number of nitrogens with two attached hydrogens (primary N) is 1. The molecule has 0 bridgehead atoms. The number of ether oxygens (including phenoxy) is 2. The smallest absolute Gasteiger partial charge is 0.266 e. The van der Waals surface area contributed by atoms with Crippen molar-refractivity contribution in [3.8, 4) is 11.5 Å². The number of anilines is 2. The van der Waals surface area contributed by atoms with Crippen LogP contribution in [0.1, 0.15) is 0 Å². The van der Waals surface area contributed by atoms with E-state index < -0.39 is 30.7 Å². The fourth-order valence-corrected chi connectivity index (χ4v) is 6.03. The van der Waals surface area contributed by atoms with E-state index in [1.54, 1.807) is 36.4 Å². The third-order valence-electron chi connectivity index (χ3n) is 5.84. The van der Waals surface area contributed by atoms with Gasteiger partial charge in [-0.2, -0.15) is 0 Å². The second-order valence-corrected chi connectivity index (χ2v) is 12.9. The zero-order valence-electron chi connectivity index (χ0n) is 23.3. The van der Waals surface area contributed by atoms with Crippen LogP contribution in [0.3, 0.4) is 0 Å². The summed E-state index contributed by atoms with van der Waals surface area (Å²) in [5, 5.41) is 7.23. The Balaban J connectivity index is 0.000000169. The van der Waals surface area contributed by atoms with Crippen LogP contribution in [0.4, 0.5) is 20.4 Å². The predicted octanol–water partition coefficient (Wildman–Crippen LogP) is 5.95. The number of rotatable bonds is 6. The van der Waals surface area contributed by atoms with E-state index in [1.165, 1.54) is 62.8 Å². The third-order valence-corrected chi connectivity index (χ3v) is 8.58. The Bertz CT molecular complexity index is 2170. The number of benzene rings is 4. The molecule has 0 aliphatic heterocycles. The van der Waals surface area contributed by atoms with Crippen LogP contribution in [0, 0.1) is 11.6 Å². The van der Waals surface area contributed by atoms with Crippen LogP contribution in [0.5, 0.6) is 11.5 Å². The molecule has 236 valence electrons. The van der Waals surface area contributed by atoms with Gasteiger partial charge in [0.1, 0.15) is 43.7 Å². The number of nitrogens with zero attached hydrogens (tertiary/aromatic N) is 2. The molecule has 6 aromatic rings. The predicted molar refractivity (Wildman–Crippen MR) is 162 cm³/mol. The number of nitrogens with one attached hydrogen (secondary N) is 1. The summed E-state index contributed by atoms with van der Waals surface area (Å²) in [5.74, 6) is -0.717. The van der Waals surface area contributed by atoms with Crippen LogP contribution in [0.15, 0.2) is 104 Å². The maximum atomic E-state index is 13.8. The van der Waals surface area contributed by atoms with E-state index in [9.17, 15) is 25.6 Å². The summed E-state index contributed by atoms with van der Waals surface area (Å²) in [4.78, 5) is -0.0841. The quantitative estimate of drug-likeness (QED) is 0.199. The molecule has 2 heterocycles. The normalized spacial score (nSPS) is 11.2. The highest BCUT2D eigenvalue weighted by molar-refractivity contribution is 8.13. The van der Waals surface area contributed by atoms with Gasteiger partial charge in [0.2, 0.25) is 0 Å². The first-order valence-corrected chi connectivity index (χ1v) is 16.2. The Kier molecular flexibility index (Phi) is 10.1. The molecule has 17 heteroatoms. The van der Waals surface area contributed by atoms with E-state index >= 15 is 0 Å². The maximum Gasteiger partial charge on any atom is 0.266 e. The van der Waals surface area contributed by atoms with Crippen LogP contribution in [-0.4, -0.2) is 41.4 Å². The van der Waals surface area contributed by atoms with Crippen molar-refractivity contribution < 1.29 is 44.1 Å². The summed E-state index contributed by atoms with van der Waals surface area (Å²) in [6.45, 7) is 0. The standard InChI is InChI=1S/C14H11FN2O4S.C7H7ClO3S.C7H5FN2O/c1-20-10-6-2-3-8-12(10)22(18,19)17-14-13-9(15)5-4-7-11(13)21-16-14;1-11-6-4-2-3-5-7(6)12(8,9)10;8-4-2-1-3-5-6(4)7(9)10-11-5/h2-8H,1H3,(H,16,17);2-5H,1H3;1-3H,(H2,9,10). The second kappa shape index (κ2) is 13.8. The molecule has 0 amide bonds. The van der Waals surface area contributed by atoms with Gasteiger partial charge in [-0.1, -0.05) is 46.7 Å². The Morgan fingerprint density at radius 3 is 1.73 bits per heavy atom. The molecule has 0 aliphatic carbocycles. The van der Waals surface area contributed by atoms with E-state index in [0.717, 1.165) is 0 Å². The van der Waals surface area contributed by atoms with E-state index in [2.05, 4.69) is 15.0 Å². The number of aromatic nitrogens is 2. The summed E-state index contributed by atoms with van der Waals surface area (Å²) in [6, 6.07) is 20.9. The molecule has 0 unspecified atom stereocenters. The Labute approximate surface area is 259 Å². The molecular formula is C28H23ClF2N4O8S2. The minimum Gasteiger partial charge on any atom is -0.495 e. The maximum absolute atomic E-state index is 13.8. The lowest BCUT2D eigenvalue weighted by Gasteiger charge is -2.09. The molecular weight excluding hydrogens is 658 g/mol. The number of methoxy groups -OCH3 is 2. The van der Waals surface area contributed by atoms with Crippen LogP contribution >= 0.6 is 10.7 Å². The number of nitrogen functional groups attached to an aromatic ring is 1. The van der Waals surface area contributed by atoms with Crippen molar-refractivity contribution in [2.75, 3.05) is 24.7 Å². The SMILES string of the molecule is COc1ccccc1S(=O)(=O)Cl.COc1ccccc1S(=O)(=O)Nc1noc2cccc(F)c12.Nc1noc2cccc(F)c12. The van der Waals surface area contributed by atoms with Crippen molar-refractivity contribution in [2.45, 2.75) is 9.79 Å². The number of fused-ring (bicyclic) bond motifs is 2.